The molecule has 0 radical (unpaired) electrons. The van der Waals surface area contributed by atoms with Crippen molar-refractivity contribution >= 4 is 29.1 Å². The van der Waals surface area contributed by atoms with Crippen molar-refractivity contribution in [1.29, 1.82) is 0 Å². The van der Waals surface area contributed by atoms with E-state index in [-0.39, 0.29) is 5.91 Å². The fourth-order valence-electron chi connectivity index (χ4n) is 4.42. The van der Waals surface area contributed by atoms with Gasteiger partial charge >= 0.3 is 0 Å². The molecule has 1 unspecified atom stereocenters. The van der Waals surface area contributed by atoms with E-state index in [0.29, 0.717) is 34.6 Å². The fraction of sp³-hybridized carbons (Fsp3) is 0.179. The maximum absolute atomic E-state index is 13.7. The lowest BCUT2D eigenvalue weighted by Crippen LogP contribution is -2.32. The fourth-order valence-corrected chi connectivity index (χ4v) is 4.62. The van der Waals surface area contributed by atoms with Gasteiger partial charge in [-0.1, -0.05) is 65.7 Å². The average molecular weight is 500 g/mol. The van der Waals surface area contributed by atoms with E-state index >= 15 is 0 Å². The summed E-state index contributed by atoms with van der Waals surface area (Å²) in [5.41, 5.74) is 5.78. The Balaban J connectivity index is 1.53. The summed E-state index contributed by atoms with van der Waals surface area (Å²) in [7, 11) is 0. The van der Waals surface area contributed by atoms with Crippen LogP contribution < -0.4 is 15.4 Å². The van der Waals surface area contributed by atoms with Crippen LogP contribution in [0.4, 0.5) is 11.6 Å². The molecule has 5 rings (SSSR count). The summed E-state index contributed by atoms with van der Waals surface area (Å²) in [5, 5.41) is 11.4. The Kier molecular flexibility index (Phi) is 6.48. The molecule has 0 spiro atoms. The van der Waals surface area contributed by atoms with Crippen LogP contribution >= 0.6 is 11.6 Å². The van der Waals surface area contributed by atoms with Gasteiger partial charge in [-0.15, -0.1) is 0 Å². The molecule has 182 valence electrons. The van der Waals surface area contributed by atoms with Crippen LogP contribution in [0.5, 0.6) is 5.75 Å². The minimum atomic E-state index is -0.544. The number of allylic oxidation sites excluding steroid dienone is 1. The lowest BCUT2D eigenvalue weighted by molar-refractivity contribution is -0.113. The number of halogens is 1. The number of fused-ring (bicyclic) bond motifs is 1. The number of hydrogen-bond donors (Lipinski definition) is 2. The van der Waals surface area contributed by atoms with Gasteiger partial charge in [0, 0.05) is 27.5 Å². The van der Waals surface area contributed by atoms with E-state index in [1.807, 2.05) is 87.5 Å². The number of para-hydroxylation sites is 1. The Morgan fingerprint density at radius 2 is 1.86 bits per heavy atom. The minimum Gasteiger partial charge on any atom is -0.488 e. The summed E-state index contributed by atoms with van der Waals surface area (Å²) >= 11 is 6.34. The van der Waals surface area contributed by atoms with Crippen LogP contribution in [0.3, 0.4) is 0 Å². The summed E-state index contributed by atoms with van der Waals surface area (Å²) in [4.78, 5) is 18.1. The standard InChI is InChI=1S/C28H26ClN5O2/c1-17-12-13-23(18(2)14-17)33-27(35)25-19(3)32-28-30-16-31-34(28)26(25)21-9-5-7-11-24(21)36-15-20-8-4-6-10-22(20)29/h4-14,16,26H,15H2,1-3H3,(H,33,35)(H,30,31,32). The van der Waals surface area contributed by atoms with Crippen molar-refractivity contribution in [2.24, 2.45) is 0 Å². The van der Waals surface area contributed by atoms with Gasteiger partial charge in [0.15, 0.2) is 0 Å². The normalized spacial score (nSPS) is 14.7. The van der Waals surface area contributed by atoms with Gasteiger partial charge in [-0.3, -0.25) is 4.79 Å². The first-order valence-electron chi connectivity index (χ1n) is 11.6. The maximum Gasteiger partial charge on any atom is 0.255 e. The van der Waals surface area contributed by atoms with E-state index < -0.39 is 6.04 Å². The molecule has 0 bridgehead atoms. The molecule has 3 aromatic carbocycles. The number of nitrogens with one attached hydrogen (secondary N) is 2. The Morgan fingerprint density at radius 1 is 1.08 bits per heavy atom. The zero-order valence-corrected chi connectivity index (χ0v) is 21.0. The number of carbonyl (C=O) groups is 1. The van der Waals surface area contributed by atoms with E-state index in [2.05, 4.69) is 20.7 Å². The average Bonchev–Trinajstić information content (AvgIpc) is 3.32. The molecule has 0 aliphatic carbocycles. The van der Waals surface area contributed by atoms with Gasteiger partial charge in [-0.2, -0.15) is 10.1 Å². The second-order valence-electron chi connectivity index (χ2n) is 8.78. The topological polar surface area (TPSA) is 81.1 Å². The van der Waals surface area contributed by atoms with Gasteiger partial charge in [0.2, 0.25) is 5.95 Å². The molecule has 1 aliphatic heterocycles. The molecule has 1 aromatic heterocycles. The monoisotopic (exact) mass is 499 g/mol. The third kappa shape index (κ3) is 4.57. The molecule has 4 aromatic rings. The first kappa shape index (κ1) is 23.6. The first-order valence-corrected chi connectivity index (χ1v) is 12.0. The number of hydrogen-bond acceptors (Lipinski definition) is 5. The summed E-state index contributed by atoms with van der Waals surface area (Å²) in [6.07, 6.45) is 1.47. The van der Waals surface area contributed by atoms with Crippen molar-refractivity contribution in [3.8, 4) is 5.75 Å². The van der Waals surface area contributed by atoms with Gasteiger partial charge in [0.05, 0.1) is 5.57 Å². The Hall–Kier alpha value is -4.10. The Labute approximate surface area is 214 Å². The van der Waals surface area contributed by atoms with E-state index in [4.69, 9.17) is 16.3 Å². The minimum absolute atomic E-state index is 0.223. The number of nitrogens with zero attached hydrogens (tertiary/aromatic N) is 3. The zero-order valence-electron chi connectivity index (χ0n) is 20.2. The maximum atomic E-state index is 13.7. The predicted molar refractivity (Wildman–Crippen MR) is 141 cm³/mol. The number of benzene rings is 3. The molecule has 0 saturated heterocycles. The smallest absolute Gasteiger partial charge is 0.255 e. The third-order valence-corrected chi connectivity index (χ3v) is 6.59. The highest BCUT2D eigenvalue weighted by Gasteiger charge is 2.35. The number of amides is 1. The second-order valence-corrected chi connectivity index (χ2v) is 9.19. The van der Waals surface area contributed by atoms with Crippen LogP contribution in [0.15, 0.2) is 84.3 Å². The quantitative estimate of drug-likeness (QED) is 0.337. The largest absolute Gasteiger partial charge is 0.488 e. The molecule has 2 N–H and O–H groups in total. The van der Waals surface area contributed by atoms with E-state index in [9.17, 15) is 4.79 Å². The highest BCUT2D eigenvalue weighted by atomic mass is 35.5. The number of rotatable bonds is 6. The van der Waals surface area contributed by atoms with Crippen LogP contribution in [-0.2, 0) is 11.4 Å². The Morgan fingerprint density at radius 3 is 2.67 bits per heavy atom. The van der Waals surface area contributed by atoms with E-state index in [1.54, 1.807) is 4.68 Å². The lowest BCUT2D eigenvalue weighted by atomic mass is 9.94. The van der Waals surface area contributed by atoms with Crippen LogP contribution in [0.1, 0.15) is 35.2 Å². The second kappa shape index (κ2) is 9.87. The van der Waals surface area contributed by atoms with Crippen LogP contribution in [-0.4, -0.2) is 20.7 Å². The molecule has 1 aliphatic rings. The van der Waals surface area contributed by atoms with Crippen molar-refractivity contribution in [2.45, 2.75) is 33.4 Å². The van der Waals surface area contributed by atoms with Crippen molar-refractivity contribution in [3.05, 3.63) is 112 Å². The summed E-state index contributed by atoms with van der Waals surface area (Å²) < 4.78 is 7.95. The summed E-state index contributed by atoms with van der Waals surface area (Å²) in [6, 6.07) is 20.6. The highest BCUT2D eigenvalue weighted by Crippen LogP contribution is 2.39. The number of carbonyl (C=O) groups excluding carboxylic acids is 1. The SMILES string of the molecule is CC1=C(C(=O)Nc2ccc(C)cc2C)C(c2ccccc2OCc2ccccc2Cl)n2ncnc2N1. The van der Waals surface area contributed by atoms with Gasteiger partial charge in [0.25, 0.3) is 5.91 Å². The molecule has 0 saturated carbocycles. The number of aromatic nitrogens is 3. The number of ether oxygens (including phenoxy) is 1. The summed E-state index contributed by atoms with van der Waals surface area (Å²) in [5.74, 6) is 0.968. The predicted octanol–water partition coefficient (Wildman–Crippen LogP) is 6.05. The molecule has 0 fully saturated rings. The number of anilines is 2. The lowest BCUT2D eigenvalue weighted by Gasteiger charge is -2.30. The van der Waals surface area contributed by atoms with E-state index in [0.717, 1.165) is 27.9 Å². The van der Waals surface area contributed by atoms with Crippen LogP contribution in [0, 0.1) is 13.8 Å². The molecule has 8 heteroatoms. The van der Waals surface area contributed by atoms with Gasteiger partial charge < -0.3 is 15.4 Å². The third-order valence-electron chi connectivity index (χ3n) is 6.22. The molecular weight excluding hydrogens is 474 g/mol. The first-order chi connectivity index (χ1) is 17.4. The molecular formula is C28H26ClN5O2. The highest BCUT2D eigenvalue weighted by molar-refractivity contribution is 6.31. The van der Waals surface area contributed by atoms with Crippen molar-refractivity contribution < 1.29 is 9.53 Å². The molecule has 2 heterocycles. The zero-order chi connectivity index (χ0) is 25.2. The van der Waals surface area contributed by atoms with Gasteiger partial charge in [0.1, 0.15) is 24.7 Å². The summed E-state index contributed by atoms with van der Waals surface area (Å²) in [6.45, 7) is 6.17. The van der Waals surface area contributed by atoms with E-state index in [1.165, 1.54) is 6.33 Å². The van der Waals surface area contributed by atoms with Crippen molar-refractivity contribution in [3.63, 3.8) is 0 Å². The molecule has 36 heavy (non-hydrogen) atoms. The van der Waals surface area contributed by atoms with Crippen LogP contribution in [0.25, 0.3) is 0 Å². The van der Waals surface area contributed by atoms with Crippen molar-refractivity contribution in [2.75, 3.05) is 10.6 Å². The molecule has 1 atom stereocenters. The van der Waals surface area contributed by atoms with Crippen LogP contribution in [0.2, 0.25) is 5.02 Å². The van der Waals surface area contributed by atoms with Gasteiger partial charge in [-0.25, -0.2) is 4.68 Å². The van der Waals surface area contributed by atoms with Gasteiger partial charge in [-0.05, 0) is 44.5 Å². The number of aryl methyl sites for hydroxylation is 2. The Bertz CT molecular complexity index is 1480. The van der Waals surface area contributed by atoms with Crippen molar-refractivity contribution in [1.82, 2.24) is 14.8 Å². The molecule has 7 nitrogen and oxygen atoms in total. The molecule has 1 amide bonds.